The summed E-state index contributed by atoms with van der Waals surface area (Å²) in [5, 5.41) is 3.42. The highest BCUT2D eigenvalue weighted by atomic mass is 16.5. The lowest BCUT2D eigenvalue weighted by molar-refractivity contribution is 0.196. The molecule has 0 spiro atoms. The van der Waals surface area contributed by atoms with E-state index in [1.165, 1.54) is 5.56 Å². The normalized spacial score (nSPS) is 12.2. The van der Waals surface area contributed by atoms with Crippen LogP contribution in [0.4, 0.5) is 0 Å². The number of methoxy groups -OCH3 is 1. The predicted octanol–water partition coefficient (Wildman–Crippen LogP) is 2.81. The van der Waals surface area contributed by atoms with Gasteiger partial charge in [-0.2, -0.15) is 0 Å². The summed E-state index contributed by atoms with van der Waals surface area (Å²) < 4.78 is 10.6. The Kier molecular flexibility index (Phi) is 7.23. The smallest absolute Gasteiger partial charge is 0.119 e. The molecule has 0 amide bonds. The fourth-order valence-electron chi connectivity index (χ4n) is 1.76. The second-order valence-electron chi connectivity index (χ2n) is 4.94. The molecule has 1 aromatic carbocycles. The van der Waals surface area contributed by atoms with Gasteiger partial charge in [0.15, 0.2) is 0 Å². The van der Waals surface area contributed by atoms with Gasteiger partial charge in [-0.3, -0.25) is 0 Å². The topological polar surface area (TPSA) is 30.5 Å². The molecule has 1 N–H and O–H groups in total. The molecule has 3 heteroatoms. The van der Waals surface area contributed by atoms with Gasteiger partial charge < -0.3 is 14.8 Å². The number of rotatable bonds is 9. The Morgan fingerprint density at radius 1 is 1.32 bits per heavy atom. The Morgan fingerprint density at radius 2 is 2.00 bits per heavy atom. The Hall–Kier alpha value is -1.32. The van der Waals surface area contributed by atoms with Crippen molar-refractivity contribution in [3.63, 3.8) is 0 Å². The number of nitrogens with one attached hydrogen (secondary N) is 1. The van der Waals surface area contributed by atoms with E-state index in [4.69, 9.17) is 9.47 Å². The van der Waals surface area contributed by atoms with Gasteiger partial charge in [0, 0.05) is 19.7 Å². The maximum Gasteiger partial charge on any atom is 0.119 e. The molecule has 0 saturated heterocycles. The molecule has 0 radical (unpaired) electrons. The molecule has 0 heterocycles. The van der Waals surface area contributed by atoms with Gasteiger partial charge in [0.1, 0.15) is 12.4 Å². The molecule has 0 fully saturated rings. The van der Waals surface area contributed by atoms with Gasteiger partial charge in [-0.05, 0) is 43.5 Å². The first-order valence-corrected chi connectivity index (χ1v) is 6.70. The highest BCUT2D eigenvalue weighted by Crippen LogP contribution is 2.14. The molecule has 1 rings (SSSR count). The number of hydrogen-bond donors (Lipinski definition) is 1. The van der Waals surface area contributed by atoms with Crippen LogP contribution >= 0.6 is 0 Å². The Labute approximate surface area is 116 Å². The van der Waals surface area contributed by atoms with Crippen LogP contribution in [0.15, 0.2) is 36.4 Å². The van der Waals surface area contributed by atoms with Gasteiger partial charge in [-0.25, -0.2) is 0 Å². The van der Waals surface area contributed by atoms with Crippen molar-refractivity contribution in [2.75, 3.05) is 26.9 Å². The van der Waals surface area contributed by atoms with E-state index in [9.17, 15) is 0 Å². The molecular weight excluding hydrogens is 238 g/mol. The van der Waals surface area contributed by atoms with Crippen molar-refractivity contribution in [2.45, 2.75) is 26.3 Å². The van der Waals surface area contributed by atoms with Crippen LogP contribution in [0.5, 0.6) is 5.75 Å². The van der Waals surface area contributed by atoms with Crippen molar-refractivity contribution in [3.8, 4) is 5.75 Å². The summed E-state index contributed by atoms with van der Waals surface area (Å²) in [5.74, 6) is 0.895. The molecule has 19 heavy (non-hydrogen) atoms. The summed E-state index contributed by atoms with van der Waals surface area (Å²) in [5.41, 5.74) is 2.33. The molecule has 0 aliphatic rings. The predicted molar refractivity (Wildman–Crippen MR) is 79.8 cm³/mol. The zero-order valence-corrected chi connectivity index (χ0v) is 12.2. The van der Waals surface area contributed by atoms with Crippen molar-refractivity contribution in [1.82, 2.24) is 5.32 Å². The molecule has 0 aliphatic carbocycles. The molecule has 1 aromatic rings. The lowest BCUT2D eigenvalue weighted by Crippen LogP contribution is -2.30. The summed E-state index contributed by atoms with van der Waals surface area (Å²) in [4.78, 5) is 0. The van der Waals surface area contributed by atoms with Crippen LogP contribution in [-0.2, 0) is 11.2 Å². The van der Waals surface area contributed by atoms with Gasteiger partial charge in [-0.1, -0.05) is 18.7 Å². The van der Waals surface area contributed by atoms with Crippen LogP contribution < -0.4 is 10.1 Å². The monoisotopic (exact) mass is 263 g/mol. The van der Waals surface area contributed by atoms with E-state index in [0.29, 0.717) is 12.6 Å². The number of benzene rings is 1. The molecule has 1 unspecified atom stereocenters. The fourth-order valence-corrected chi connectivity index (χ4v) is 1.76. The molecule has 106 valence electrons. The van der Waals surface area contributed by atoms with E-state index in [-0.39, 0.29) is 0 Å². The first-order valence-electron chi connectivity index (χ1n) is 6.70. The number of hydrogen-bond acceptors (Lipinski definition) is 3. The van der Waals surface area contributed by atoms with Crippen LogP contribution in [0, 0.1) is 0 Å². The lowest BCUT2D eigenvalue weighted by Gasteiger charge is -2.14. The zero-order valence-electron chi connectivity index (χ0n) is 12.2. The molecular formula is C16H25NO2. The third-order valence-electron chi connectivity index (χ3n) is 2.75. The van der Waals surface area contributed by atoms with Crippen LogP contribution in [0.2, 0.25) is 0 Å². The van der Waals surface area contributed by atoms with E-state index in [2.05, 4.69) is 31.0 Å². The largest absolute Gasteiger partial charge is 0.489 e. The van der Waals surface area contributed by atoms with Gasteiger partial charge >= 0.3 is 0 Å². The van der Waals surface area contributed by atoms with Crippen molar-refractivity contribution in [2.24, 2.45) is 0 Å². The molecule has 0 aliphatic heterocycles. The van der Waals surface area contributed by atoms with E-state index < -0.39 is 0 Å². The SMILES string of the molecule is C=C(C)COc1ccc(CC(C)NCCOC)cc1. The molecule has 0 saturated carbocycles. The van der Waals surface area contributed by atoms with Crippen LogP contribution in [-0.4, -0.2) is 32.9 Å². The van der Waals surface area contributed by atoms with Crippen molar-refractivity contribution in [3.05, 3.63) is 42.0 Å². The van der Waals surface area contributed by atoms with E-state index >= 15 is 0 Å². The molecule has 0 bridgehead atoms. The standard InChI is InChI=1S/C16H25NO2/c1-13(2)12-19-16-7-5-15(6-8-16)11-14(3)17-9-10-18-4/h5-8,14,17H,1,9-12H2,2-4H3. The summed E-state index contributed by atoms with van der Waals surface area (Å²) in [6.07, 6.45) is 1.00. The summed E-state index contributed by atoms with van der Waals surface area (Å²) in [6.45, 7) is 10.2. The maximum atomic E-state index is 5.58. The van der Waals surface area contributed by atoms with Gasteiger partial charge in [0.05, 0.1) is 6.61 Å². The maximum absolute atomic E-state index is 5.58. The minimum Gasteiger partial charge on any atom is -0.489 e. The van der Waals surface area contributed by atoms with Gasteiger partial charge in [-0.15, -0.1) is 0 Å². The number of ether oxygens (including phenoxy) is 2. The molecule has 3 nitrogen and oxygen atoms in total. The molecule has 1 atom stereocenters. The van der Waals surface area contributed by atoms with Crippen molar-refractivity contribution < 1.29 is 9.47 Å². The Balaban J connectivity index is 2.36. The molecule has 0 aromatic heterocycles. The fraction of sp³-hybridized carbons (Fsp3) is 0.500. The van der Waals surface area contributed by atoms with Crippen molar-refractivity contribution in [1.29, 1.82) is 0 Å². The second kappa shape index (κ2) is 8.73. The minimum absolute atomic E-state index is 0.442. The van der Waals surface area contributed by atoms with E-state index in [1.807, 2.05) is 19.1 Å². The van der Waals surface area contributed by atoms with Gasteiger partial charge in [0.2, 0.25) is 0 Å². The average molecular weight is 263 g/mol. The highest BCUT2D eigenvalue weighted by Gasteiger charge is 2.03. The Bertz CT molecular complexity index is 373. The summed E-state index contributed by atoms with van der Waals surface area (Å²) in [6, 6.07) is 8.70. The summed E-state index contributed by atoms with van der Waals surface area (Å²) in [7, 11) is 1.72. The second-order valence-corrected chi connectivity index (χ2v) is 4.94. The Morgan fingerprint density at radius 3 is 2.58 bits per heavy atom. The van der Waals surface area contributed by atoms with E-state index in [1.54, 1.807) is 7.11 Å². The van der Waals surface area contributed by atoms with Crippen LogP contribution in [0.1, 0.15) is 19.4 Å². The van der Waals surface area contributed by atoms with Crippen molar-refractivity contribution >= 4 is 0 Å². The third kappa shape index (κ3) is 6.99. The minimum atomic E-state index is 0.442. The first-order chi connectivity index (χ1) is 9.11. The average Bonchev–Trinajstić information content (AvgIpc) is 2.38. The van der Waals surface area contributed by atoms with Crippen LogP contribution in [0.25, 0.3) is 0 Å². The lowest BCUT2D eigenvalue weighted by atomic mass is 10.1. The van der Waals surface area contributed by atoms with Gasteiger partial charge in [0.25, 0.3) is 0 Å². The van der Waals surface area contributed by atoms with E-state index in [0.717, 1.165) is 30.9 Å². The first kappa shape index (κ1) is 15.7. The summed E-state index contributed by atoms with van der Waals surface area (Å²) >= 11 is 0. The highest BCUT2D eigenvalue weighted by molar-refractivity contribution is 5.28. The quantitative estimate of drug-likeness (QED) is 0.549. The third-order valence-corrected chi connectivity index (χ3v) is 2.75. The van der Waals surface area contributed by atoms with Crippen LogP contribution in [0.3, 0.4) is 0 Å². The zero-order chi connectivity index (χ0) is 14.1.